The first kappa shape index (κ1) is 20.8. The standard InChI is InChI=1S/C12H18N2O2.C2HF3O2/c1-10(2)16-9-3-6-14-12(15)11-4-7-13-8-5-11;3-2(4,5)1(6)7/h4-5,7-8,10H,3,6,9H2,1-2H3,(H,14,15);(H,6,7). The first-order valence-electron chi connectivity index (χ1n) is 6.74. The number of amides is 1. The zero-order chi connectivity index (χ0) is 17.9. The molecule has 0 aliphatic rings. The van der Waals surface area contributed by atoms with E-state index >= 15 is 0 Å². The first-order chi connectivity index (χ1) is 10.6. The highest BCUT2D eigenvalue weighted by Gasteiger charge is 2.38. The minimum absolute atomic E-state index is 0.0630. The van der Waals surface area contributed by atoms with Gasteiger partial charge in [-0.15, -0.1) is 0 Å². The van der Waals surface area contributed by atoms with Gasteiger partial charge in [-0.3, -0.25) is 9.78 Å². The lowest BCUT2D eigenvalue weighted by Crippen LogP contribution is -2.25. The van der Waals surface area contributed by atoms with Crippen molar-refractivity contribution in [3.05, 3.63) is 30.1 Å². The van der Waals surface area contributed by atoms with Crippen molar-refractivity contribution < 1.29 is 32.6 Å². The Balaban J connectivity index is 0.000000585. The molecule has 130 valence electrons. The molecule has 0 aliphatic carbocycles. The molecule has 1 aromatic rings. The predicted octanol–water partition coefficient (Wildman–Crippen LogP) is 2.26. The number of pyridine rings is 1. The Morgan fingerprint density at radius 3 is 2.26 bits per heavy atom. The van der Waals surface area contributed by atoms with Gasteiger partial charge in [0.2, 0.25) is 0 Å². The number of carbonyl (C=O) groups is 2. The normalized spacial score (nSPS) is 10.7. The van der Waals surface area contributed by atoms with Gasteiger partial charge in [-0.25, -0.2) is 4.79 Å². The van der Waals surface area contributed by atoms with Crippen LogP contribution in [0.5, 0.6) is 0 Å². The first-order valence-corrected chi connectivity index (χ1v) is 6.74. The molecule has 0 fully saturated rings. The molecule has 0 unspecified atom stereocenters. The SMILES string of the molecule is CC(C)OCCCNC(=O)c1ccncc1.O=C(O)C(F)(F)F. The maximum absolute atomic E-state index is 11.6. The average Bonchev–Trinajstić information content (AvgIpc) is 2.47. The summed E-state index contributed by atoms with van der Waals surface area (Å²) in [4.78, 5) is 24.3. The minimum atomic E-state index is -5.08. The van der Waals surface area contributed by atoms with E-state index in [-0.39, 0.29) is 12.0 Å². The van der Waals surface area contributed by atoms with Gasteiger partial charge in [0.05, 0.1) is 6.10 Å². The van der Waals surface area contributed by atoms with Crippen LogP contribution in [0.25, 0.3) is 0 Å². The van der Waals surface area contributed by atoms with Gasteiger partial charge < -0.3 is 15.2 Å². The fourth-order valence-corrected chi connectivity index (χ4v) is 1.20. The van der Waals surface area contributed by atoms with Gasteiger partial charge in [0.1, 0.15) is 0 Å². The minimum Gasteiger partial charge on any atom is -0.475 e. The molecule has 0 saturated carbocycles. The van der Waals surface area contributed by atoms with Gasteiger partial charge in [0.25, 0.3) is 5.91 Å². The van der Waals surface area contributed by atoms with Crippen molar-refractivity contribution in [2.45, 2.75) is 32.5 Å². The second-order valence-corrected chi connectivity index (χ2v) is 4.57. The zero-order valence-corrected chi connectivity index (χ0v) is 12.8. The zero-order valence-electron chi connectivity index (χ0n) is 12.8. The lowest BCUT2D eigenvalue weighted by Gasteiger charge is -2.08. The summed E-state index contributed by atoms with van der Waals surface area (Å²) in [7, 11) is 0. The van der Waals surface area contributed by atoms with Gasteiger partial charge in [-0.1, -0.05) is 0 Å². The highest BCUT2D eigenvalue weighted by Crippen LogP contribution is 2.13. The Kier molecular flexibility index (Phi) is 9.56. The Labute approximate surface area is 131 Å². The van der Waals surface area contributed by atoms with Gasteiger partial charge in [0.15, 0.2) is 0 Å². The number of rotatable bonds is 6. The van der Waals surface area contributed by atoms with Crippen LogP contribution in [0.2, 0.25) is 0 Å². The molecule has 1 rings (SSSR count). The summed E-state index contributed by atoms with van der Waals surface area (Å²) in [5.74, 6) is -2.82. The molecule has 0 atom stereocenters. The van der Waals surface area contributed by atoms with E-state index in [9.17, 15) is 18.0 Å². The second-order valence-electron chi connectivity index (χ2n) is 4.57. The summed E-state index contributed by atoms with van der Waals surface area (Å²) in [5.41, 5.74) is 0.639. The van der Waals surface area contributed by atoms with Crippen LogP contribution in [-0.2, 0) is 9.53 Å². The van der Waals surface area contributed by atoms with Crippen LogP contribution >= 0.6 is 0 Å². The van der Waals surface area contributed by atoms with Crippen LogP contribution in [0, 0.1) is 0 Å². The molecule has 0 radical (unpaired) electrons. The Morgan fingerprint density at radius 1 is 1.30 bits per heavy atom. The summed E-state index contributed by atoms with van der Waals surface area (Å²) in [6.07, 6.45) is -0.793. The molecule has 0 aliphatic heterocycles. The number of aliphatic carboxylic acids is 1. The summed E-state index contributed by atoms with van der Waals surface area (Å²) in [6.45, 7) is 5.30. The third-order valence-corrected chi connectivity index (χ3v) is 2.24. The molecule has 0 saturated heterocycles. The van der Waals surface area contributed by atoms with E-state index in [1.54, 1.807) is 24.5 Å². The van der Waals surface area contributed by atoms with Crippen LogP contribution in [0.3, 0.4) is 0 Å². The lowest BCUT2D eigenvalue weighted by molar-refractivity contribution is -0.192. The number of carbonyl (C=O) groups excluding carboxylic acids is 1. The number of aromatic nitrogens is 1. The number of halogens is 3. The van der Waals surface area contributed by atoms with Gasteiger partial charge in [-0.05, 0) is 32.4 Å². The third kappa shape index (κ3) is 11.1. The van der Waals surface area contributed by atoms with Crippen molar-refractivity contribution in [1.82, 2.24) is 10.3 Å². The van der Waals surface area contributed by atoms with Crippen LogP contribution in [-0.4, -0.2) is 47.4 Å². The maximum Gasteiger partial charge on any atom is 0.490 e. The van der Waals surface area contributed by atoms with E-state index in [1.807, 2.05) is 13.8 Å². The summed E-state index contributed by atoms with van der Waals surface area (Å²) in [5, 5.41) is 9.95. The predicted molar refractivity (Wildman–Crippen MR) is 76.0 cm³/mol. The molecule has 9 heteroatoms. The van der Waals surface area contributed by atoms with Crippen molar-refractivity contribution in [3.63, 3.8) is 0 Å². The fourth-order valence-electron chi connectivity index (χ4n) is 1.20. The van der Waals surface area contributed by atoms with E-state index in [1.165, 1.54) is 0 Å². The molecule has 0 bridgehead atoms. The summed E-state index contributed by atoms with van der Waals surface area (Å²) < 4.78 is 37.1. The molecular weight excluding hydrogens is 317 g/mol. The summed E-state index contributed by atoms with van der Waals surface area (Å²) in [6, 6.07) is 3.39. The van der Waals surface area contributed by atoms with Crippen LogP contribution in [0.15, 0.2) is 24.5 Å². The molecule has 1 aromatic heterocycles. The number of hydrogen-bond donors (Lipinski definition) is 2. The topological polar surface area (TPSA) is 88.5 Å². The Hall–Kier alpha value is -2.16. The highest BCUT2D eigenvalue weighted by atomic mass is 19.4. The lowest BCUT2D eigenvalue weighted by atomic mass is 10.2. The molecule has 23 heavy (non-hydrogen) atoms. The average molecular weight is 336 g/mol. The molecule has 0 aromatic carbocycles. The molecule has 1 heterocycles. The van der Waals surface area contributed by atoms with Crippen molar-refractivity contribution in [3.8, 4) is 0 Å². The molecule has 0 spiro atoms. The second kappa shape index (κ2) is 10.5. The summed E-state index contributed by atoms with van der Waals surface area (Å²) >= 11 is 0. The van der Waals surface area contributed by atoms with Crippen molar-refractivity contribution in [2.75, 3.05) is 13.2 Å². The quantitative estimate of drug-likeness (QED) is 0.778. The van der Waals surface area contributed by atoms with E-state index in [0.717, 1.165) is 6.42 Å². The van der Waals surface area contributed by atoms with Crippen LogP contribution in [0.4, 0.5) is 13.2 Å². The van der Waals surface area contributed by atoms with Gasteiger partial charge in [-0.2, -0.15) is 13.2 Å². The van der Waals surface area contributed by atoms with Crippen molar-refractivity contribution in [1.29, 1.82) is 0 Å². The van der Waals surface area contributed by atoms with Gasteiger partial charge >= 0.3 is 12.1 Å². The number of carboxylic acids is 1. The van der Waals surface area contributed by atoms with E-state index in [0.29, 0.717) is 18.7 Å². The number of hydrogen-bond acceptors (Lipinski definition) is 4. The van der Waals surface area contributed by atoms with Gasteiger partial charge in [0, 0.05) is 31.1 Å². The Morgan fingerprint density at radius 2 is 1.83 bits per heavy atom. The molecule has 1 amide bonds. The number of carboxylic acid groups (broad SMARTS) is 1. The molecule has 6 nitrogen and oxygen atoms in total. The number of alkyl halides is 3. The van der Waals surface area contributed by atoms with Crippen LogP contribution in [0.1, 0.15) is 30.6 Å². The molecule has 2 N–H and O–H groups in total. The van der Waals surface area contributed by atoms with Crippen LogP contribution < -0.4 is 5.32 Å². The van der Waals surface area contributed by atoms with Crippen molar-refractivity contribution in [2.24, 2.45) is 0 Å². The maximum atomic E-state index is 11.6. The number of nitrogens with one attached hydrogen (secondary N) is 1. The monoisotopic (exact) mass is 336 g/mol. The Bertz CT molecular complexity index is 479. The highest BCUT2D eigenvalue weighted by molar-refractivity contribution is 5.93. The van der Waals surface area contributed by atoms with E-state index < -0.39 is 12.1 Å². The van der Waals surface area contributed by atoms with Crippen molar-refractivity contribution >= 4 is 11.9 Å². The number of ether oxygens (including phenoxy) is 1. The fraction of sp³-hybridized carbons (Fsp3) is 0.500. The largest absolute Gasteiger partial charge is 0.490 e. The smallest absolute Gasteiger partial charge is 0.475 e. The van der Waals surface area contributed by atoms with E-state index in [4.69, 9.17) is 14.6 Å². The number of nitrogens with zero attached hydrogens (tertiary/aromatic N) is 1. The van der Waals surface area contributed by atoms with E-state index in [2.05, 4.69) is 10.3 Å². The third-order valence-electron chi connectivity index (χ3n) is 2.24. The molecular formula is C14H19F3N2O4.